The van der Waals surface area contributed by atoms with Crippen LogP contribution in [0.4, 0.5) is 0 Å². The van der Waals surface area contributed by atoms with Crippen molar-refractivity contribution in [2.45, 2.75) is 13.1 Å². The smallest absolute Gasteiger partial charge is 0.263 e. The Morgan fingerprint density at radius 3 is 2.89 bits per heavy atom. The highest BCUT2D eigenvalue weighted by atomic mass is 32.1. The molecular weight excluding hydrogens is 382 g/mol. The maximum Gasteiger partial charge on any atom is 0.263 e. The van der Waals surface area contributed by atoms with Gasteiger partial charge in [0.05, 0.1) is 17.9 Å². The number of hydrogen-bond acceptors (Lipinski definition) is 6. The van der Waals surface area contributed by atoms with Gasteiger partial charge in [-0.15, -0.1) is 22.7 Å². The number of aromatic nitrogens is 4. The molecule has 4 heterocycles. The number of carbonyl (C=O) groups is 1. The van der Waals surface area contributed by atoms with Crippen molar-refractivity contribution in [1.82, 2.24) is 24.2 Å². The Balaban J connectivity index is 1.60. The molecule has 9 heteroatoms. The Kier molecular flexibility index (Phi) is 4.63. The lowest BCUT2D eigenvalue weighted by Gasteiger charge is -2.16. The third-order valence-electron chi connectivity index (χ3n) is 4.26. The van der Waals surface area contributed by atoms with Crippen LogP contribution in [0, 0.1) is 0 Å². The molecule has 0 N–H and O–H groups in total. The zero-order valence-corrected chi connectivity index (χ0v) is 16.5. The van der Waals surface area contributed by atoms with Crippen LogP contribution in [0.25, 0.3) is 20.7 Å². The van der Waals surface area contributed by atoms with Gasteiger partial charge in [-0.3, -0.25) is 18.8 Å². The molecule has 4 aromatic rings. The summed E-state index contributed by atoms with van der Waals surface area (Å²) in [6.07, 6.45) is 5.04. The summed E-state index contributed by atoms with van der Waals surface area (Å²) in [5, 5.41) is 8.61. The number of rotatable bonds is 5. The van der Waals surface area contributed by atoms with Crippen molar-refractivity contribution in [3.63, 3.8) is 0 Å². The Morgan fingerprint density at radius 2 is 2.19 bits per heavy atom. The maximum absolute atomic E-state index is 13.0. The van der Waals surface area contributed by atoms with Gasteiger partial charge in [0, 0.05) is 48.2 Å². The van der Waals surface area contributed by atoms with Crippen molar-refractivity contribution in [2.75, 3.05) is 7.05 Å². The van der Waals surface area contributed by atoms with E-state index in [9.17, 15) is 9.59 Å². The van der Waals surface area contributed by atoms with Crippen molar-refractivity contribution in [1.29, 1.82) is 0 Å². The van der Waals surface area contributed by atoms with E-state index in [0.29, 0.717) is 16.8 Å². The van der Waals surface area contributed by atoms with Gasteiger partial charge in [0.25, 0.3) is 5.56 Å². The summed E-state index contributed by atoms with van der Waals surface area (Å²) >= 11 is 3.02. The number of likely N-dealkylation sites (N-methyl/N-ethyl adjacent to an activating group) is 1. The van der Waals surface area contributed by atoms with Gasteiger partial charge in [0.1, 0.15) is 11.4 Å². The molecule has 0 aromatic carbocycles. The predicted molar refractivity (Wildman–Crippen MR) is 107 cm³/mol. The van der Waals surface area contributed by atoms with Gasteiger partial charge >= 0.3 is 0 Å². The Labute approximate surface area is 163 Å². The average Bonchev–Trinajstić information content (AvgIpc) is 3.37. The normalized spacial score (nSPS) is 11.2. The fourth-order valence-electron chi connectivity index (χ4n) is 2.88. The number of nitrogens with zero attached hydrogens (tertiary/aromatic N) is 5. The molecule has 27 heavy (non-hydrogen) atoms. The summed E-state index contributed by atoms with van der Waals surface area (Å²) < 4.78 is 3.08. The topological polar surface area (TPSA) is 73.0 Å². The zero-order chi connectivity index (χ0) is 19.0. The quantitative estimate of drug-likeness (QED) is 0.517. The second kappa shape index (κ2) is 7.09. The molecule has 0 saturated carbocycles. The van der Waals surface area contributed by atoms with E-state index in [1.165, 1.54) is 22.2 Å². The van der Waals surface area contributed by atoms with E-state index in [0.717, 1.165) is 16.0 Å². The lowest BCUT2D eigenvalue weighted by atomic mass is 10.2. The molecule has 0 fully saturated rings. The van der Waals surface area contributed by atoms with E-state index >= 15 is 0 Å². The summed E-state index contributed by atoms with van der Waals surface area (Å²) in [4.78, 5) is 33.2. The summed E-state index contributed by atoms with van der Waals surface area (Å²) in [5.41, 5.74) is 1.63. The van der Waals surface area contributed by atoms with Gasteiger partial charge in [-0.1, -0.05) is 6.07 Å². The second-order valence-corrected chi connectivity index (χ2v) is 8.06. The summed E-state index contributed by atoms with van der Waals surface area (Å²) in [5.74, 6) is -0.157. The molecule has 0 aliphatic carbocycles. The van der Waals surface area contributed by atoms with E-state index in [1.807, 2.05) is 36.1 Å². The van der Waals surface area contributed by atoms with Gasteiger partial charge < -0.3 is 4.90 Å². The lowest BCUT2D eigenvalue weighted by Crippen LogP contribution is -2.33. The van der Waals surface area contributed by atoms with E-state index < -0.39 is 0 Å². The van der Waals surface area contributed by atoms with Crippen LogP contribution in [0.15, 0.2) is 46.4 Å². The molecule has 138 valence electrons. The zero-order valence-electron chi connectivity index (χ0n) is 14.8. The highest BCUT2D eigenvalue weighted by Crippen LogP contribution is 2.33. The highest BCUT2D eigenvalue weighted by Gasteiger charge is 2.17. The standard InChI is InChI=1S/C18H17N5O2S2/c1-21(7-12-6-20-22(2)8-12)15(24)9-23-11-19-17-16(18(23)25)13(10-27-17)14-4-3-5-26-14/h3-6,8,10-11H,7,9H2,1-2H3. The number of aryl methyl sites for hydroxylation is 1. The third kappa shape index (κ3) is 3.43. The lowest BCUT2D eigenvalue weighted by molar-refractivity contribution is -0.131. The number of amides is 1. The van der Waals surface area contributed by atoms with Crippen LogP contribution < -0.4 is 5.56 Å². The van der Waals surface area contributed by atoms with Gasteiger partial charge in [-0.25, -0.2) is 4.98 Å². The van der Waals surface area contributed by atoms with E-state index in [2.05, 4.69) is 10.1 Å². The molecule has 0 spiro atoms. The fraction of sp³-hybridized carbons (Fsp3) is 0.222. The van der Waals surface area contributed by atoms with Gasteiger partial charge in [0.2, 0.25) is 5.91 Å². The summed E-state index contributed by atoms with van der Waals surface area (Å²) in [7, 11) is 3.55. The number of hydrogen-bond donors (Lipinski definition) is 0. The molecule has 0 unspecified atom stereocenters. The van der Waals surface area contributed by atoms with Crippen LogP contribution in [-0.2, 0) is 24.9 Å². The van der Waals surface area contributed by atoms with Crippen molar-refractivity contribution in [3.05, 3.63) is 57.5 Å². The molecule has 0 aliphatic rings. The SMILES string of the molecule is CN(Cc1cnn(C)c1)C(=O)Cn1cnc2scc(-c3cccs3)c2c1=O. The van der Waals surface area contributed by atoms with Crippen molar-refractivity contribution < 1.29 is 4.79 Å². The predicted octanol–water partition coefficient (Wildman–Crippen LogP) is 2.58. The first-order valence-corrected chi connectivity index (χ1v) is 10.0. The molecule has 0 bridgehead atoms. The molecule has 0 saturated heterocycles. The van der Waals surface area contributed by atoms with Crippen molar-refractivity contribution in [3.8, 4) is 10.4 Å². The molecule has 0 atom stereocenters. The monoisotopic (exact) mass is 399 g/mol. The molecule has 4 rings (SSSR count). The maximum atomic E-state index is 13.0. The summed E-state index contributed by atoms with van der Waals surface area (Å²) in [6.45, 7) is 0.397. The van der Waals surface area contributed by atoms with E-state index in [4.69, 9.17) is 0 Å². The van der Waals surface area contributed by atoms with Crippen molar-refractivity contribution >= 4 is 38.8 Å². The van der Waals surface area contributed by atoms with E-state index in [-0.39, 0.29) is 18.0 Å². The fourth-order valence-corrected chi connectivity index (χ4v) is 4.60. The number of fused-ring (bicyclic) bond motifs is 1. The Hall–Kier alpha value is -2.78. The van der Waals surface area contributed by atoms with Crippen molar-refractivity contribution in [2.24, 2.45) is 7.05 Å². The van der Waals surface area contributed by atoms with Crippen LogP contribution in [0.5, 0.6) is 0 Å². The summed E-state index contributed by atoms with van der Waals surface area (Å²) in [6, 6.07) is 3.94. The van der Waals surface area contributed by atoms with Gasteiger partial charge in [0.15, 0.2) is 0 Å². The minimum Gasteiger partial charge on any atom is -0.340 e. The van der Waals surface area contributed by atoms with Crippen LogP contribution >= 0.6 is 22.7 Å². The van der Waals surface area contributed by atoms with Crippen LogP contribution in [0.3, 0.4) is 0 Å². The highest BCUT2D eigenvalue weighted by molar-refractivity contribution is 7.18. The first-order chi connectivity index (χ1) is 13.0. The number of carbonyl (C=O) groups excluding carboxylic acids is 1. The second-order valence-electron chi connectivity index (χ2n) is 6.26. The molecule has 0 radical (unpaired) electrons. The largest absolute Gasteiger partial charge is 0.340 e. The minimum atomic E-state index is -0.187. The first kappa shape index (κ1) is 17.6. The Bertz CT molecular complexity index is 1160. The van der Waals surface area contributed by atoms with Crippen LogP contribution in [0.2, 0.25) is 0 Å². The third-order valence-corrected chi connectivity index (χ3v) is 6.05. The van der Waals surface area contributed by atoms with Crippen LogP contribution in [-0.4, -0.2) is 37.2 Å². The molecule has 1 amide bonds. The van der Waals surface area contributed by atoms with Gasteiger partial charge in [-0.05, 0) is 11.4 Å². The average molecular weight is 400 g/mol. The Morgan fingerprint density at radius 1 is 1.33 bits per heavy atom. The van der Waals surface area contributed by atoms with E-state index in [1.54, 1.807) is 34.2 Å². The first-order valence-electron chi connectivity index (χ1n) is 8.25. The molecular formula is C18H17N5O2S2. The van der Waals surface area contributed by atoms with Gasteiger partial charge in [-0.2, -0.15) is 5.10 Å². The number of thiophene rings is 2. The van der Waals surface area contributed by atoms with Crippen LogP contribution in [0.1, 0.15) is 5.56 Å². The molecule has 0 aliphatic heterocycles. The molecule has 7 nitrogen and oxygen atoms in total. The molecule has 4 aromatic heterocycles. The minimum absolute atomic E-state index is 0.0434.